The molecule has 2 heterocycles. The summed E-state index contributed by atoms with van der Waals surface area (Å²) in [6.45, 7) is 3.47. The molecule has 4 N–H and O–H groups in total. The van der Waals surface area contributed by atoms with Gasteiger partial charge in [0, 0.05) is 41.3 Å². The van der Waals surface area contributed by atoms with Crippen molar-refractivity contribution in [3.05, 3.63) is 34.5 Å². The van der Waals surface area contributed by atoms with Gasteiger partial charge in [-0.25, -0.2) is 0 Å². The van der Waals surface area contributed by atoms with Crippen molar-refractivity contribution in [2.24, 2.45) is 5.73 Å². The third kappa shape index (κ3) is 3.04. The maximum atomic E-state index is 12.7. The van der Waals surface area contributed by atoms with E-state index in [1.54, 1.807) is 4.90 Å². The lowest BCUT2D eigenvalue weighted by Gasteiger charge is -2.34. The van der Waals surface area contributed by atoms with Crippen LogP contribution in [0.2, 0.25) is 5.02 Å². The first-order valence-corrected chi connectivity index (χ1v) is 7.91. The fourth-order valence-corrected chi connectivity index (χ4v) is 3.26. The summed E-state index contributed by atoms with van der Waals surface area (Å²) in [6, 6.07) is 4.97. The molecule has 0 aliphatic carbocycles. The maximum absolute atomic E-state index is 12.7. The molecule has 1 aliphatic heterocycles. The average molecular weight is 335 g/mol. The number of aromatic amines is 1. The molecule has 1 aliphatic rings. The highest BCUT2D eigenvalue weighted by atomic mass is 35.5. The Morgan fingerprint density at radius 3 is 2.96 bits per heavy atom. The van der Waals surface area contributed by atoms with E-state index in [1.807, 2.05) is 25.1 Å². The number of H-pyrrole nitrogens is 1. The van der Waals surface area contributed by atoms with E-state index in [2.05, 4.69) is 10.3 Å². The summed E-state index contributed by atoms with van der Waals surface area (Å²) >= 11 is 6.07. The van der Waals surface area contributed by atoms with E-state index >= 15 is 0 Å². The normalized spacial score (nSPS) is 18.3. The number of halogens is 1. The summed E-state index contributed by atoms with van der Waals surface area (Å²) in [5, 5.41) is 4.66. The third-order valence-corrected chi connectivity index (χ3v) is 4.54. The number of nitrogens with one attached hydrogen (secondary N) is 2. The van der Waals surface area contributed by atoms with Gasteiger partial charge in [0.2, 0.25) is 11.8 Å². The second kappa shape index (κ2) is 6.22. The van der Waals surface area contributed by atoms with Gasteiger partial charge >= 0.3 is 0 Å². The zero-order valence-electron chi connectivity index (χ0n) is 12.9. The largest absolute Gasteiger partial charge is 0.368 e. The van der Waals surface area contributed by atoms with E-state index < -0.39 is 11.9 Å². The van der Waals surface area contributed by atoms with Crippen molar-refractivity contribution in [3.63, 3.8) is 0 Å². The molecule has 2 amide bonds. The van der Waals surface area contributed by atoms with Crippen molar-refractivity contribution in [2.45, 2.75) is 19.4 Å². The van der Waals surface area contributed by atoms with Gasteiger partial charge in [-0.1, -0.05) is 11.6 Å². The number of hydrogen-bond donors (Lipinski definition) is 3. The van der Waals surface area contributed by atoms with Gasteiger partial charge in [-0.2, -0.15) is 0 Å². The lowest BCUT2D eigenvalue weighted by molar-refractivity contribution is -0.139. The van der Waals surface area contributed by atoms with Crippen LogP contribution in [0.1, 0.15) is 11.3 Å². The van der Waals surface area contributed by atoms with Crippen LogP contribution in [0, 0.1) is 6.92 Å². The molecule has 2 aromatic rings. The van der Waals surface area contributed by atoms with E-state index in [0.29, 0.717) is 24.7 Å². The number of piperazine rings is 1. The molecule has 1 aromatic heterocycles. The molecule has 0 unspecified atom stereocenters. The highest BCUT2D eigenvalue weighted by Crippen LogP contribution is 2.26. The quantitative estimate of drug-likeness (QED) is 0.780. The molecule has 7 heteroatoms. The number of amides is 2. The number of nitrogens with zero attached hydrogens (tertiary/aromatic N) is 1. The van der Waals surface area contributed by atoms with Crippen molar-refractivity contribution in [1.29, 1.82) is 0 Å². The standard InChI is InChI=1S/C16H19ClN4O2/c1-9-11(12-6-10(17)2-3-13(12)20-9)7-15(22)21-5-4-19-8-14(21)16(18)23/h2-3,6,14,19-20H,4-5,7-8H2,1H3,(H2,18,23)/t14-/m1/s1. The molecule has 1 aromatic carbocycles. The molecule has 3 rings (SSSR count). The van der Waals surface area contributed by atoms with E-state index in [1.165, 1.54) is 0 Å². The monoisotopic (exact) mass is 334 g/mol. The van der Waals surface area contributed by atoms with Crippen molar-refractivity contribution in [3.8, 4) is 0 Å². The zero-order chi connectivity index (χ0) is 16.6. The Hall–Kier alpha value is -2.05. The molecule has 0 spiro atoms. The van der Waals surface area contributed by atoms with Crippen LogP contribution in [0.5, 0.6) is 0 Å². The molecular formula is C16H19ClN4O2. The van der Waals surface area contributed by atoms with Crippen LogP contribution < -0.4 is 11.1 Å². The molecule has 1 saturated heterocycles. The zero-order valence-corrected chi connectivity index (χ0v) is 13.6. The second-order valence-electron chi connectivity index (χ2n) is 5.80. The number of carbonyl (C=O) groups is 2. The number of rotatable bonds is 3. The van der Waals surface area contributed by atoms with Crippen molar-refractivity contribution in [1.82, 2.24) is 15.2 Å². The minimum Gasteiger partial charge on any atom is -0.368 e. The van der Waals surface area contributed by atoms with E-state index in [-0.39, 0.29) is 12.3 Å². The molecule has 6 nitrogen and oxygen atoms in total. The number of benzene rings is 1. The van der Waals surface area contributed by atoms with Gasteiger partial charge in [0.1, 0.15) is 6.04 Å². The molecule has 122 valence electrons. The molecule has 0 radical (unpaired) electrons. The van der Waals surface area contributed by atoms with Gasteiger partial charge in [-0.3, -0.25) is 9.59 Å². The van der Waals surface area contributed by atoms with Gasteiger partial charge in [0.05, 0.1) is 6.42 Å². The van der Waals surface area contributed by atoms with Crippen molar-refractivity contribution >= 4 is 34.3 Å². The fourth-order valence-electron chi connectivity index (χ4n) is 3.09. The highest BCUT2D eigenvalue weighted by molar-refractivity contribution is 6.31. The highest BCUT2D eigenvalue weighted by Gasteiger charge is 2.31. The van der Waals surface area contributed by atoms with Gasteiger partial charge in [-0.15, -0.1) is 0 Å². The minimum atomic E-state index is -0.592. The Bertz CT molecular complexity index is 771. The predicted octanol–water partition coefficient (Wildman–Crippen LogP) is 0.958. The number of aryl methyl sites for hydroxylation is 1. The molecule has 1 atom stereocenters. The van der Waals surface area contributed by atoms with Crippen LogP contribution in [-0.2, 0) is 16.0 Å². The maximum Gasteiger partial charge on any atom is 0.241 e. The van der Waals surface area contributed by atoms with Crippen molar-refractivity contribution < 1.29 is 9.59 Å². The first-order valence-electron chi connectivity index (χ1n) is 7.53. The smallest absolute Gasteiger partial charge is 0.241 e. The summed E-state index contributed by atoms with van der Waals surface area (Å²) in [5.41, 5.74) is 8.20. The summed E-state index contributed by atoms with van der Waals surface area (Å²) in [7, 11) is 0. The van der Waals surface area contributed by atoms with Crippen LogP contribution in [-0.4, -0.2) is 47.4 Å². The summed E-state index contributed by atoms with van der Waals surface area (Å²) in [6.07, 6.45) is 0.218. The van der Waals surface area contributed by atoms with Gasteiger partial charge in [0.25, 0.3) is 0 Å². The number of hydrogen-bond acceptors (Lipinski definition) is 3. The number of aromatic nitrogens is 1. The average Bonchev–Trinajstić information content (AvgIpc) is 2.83. The Balaban J connectivity index is 1.89. The Morgan fingerprint density at radius 2 is 2.22 bits per heavy atom. The topological polar surface area (TPSA) is 91.2 Å². The third-order valence-electron chi connectivity index (χ3n) is 4.30. The van der Waals surface area contributed by atoms with Crippen LogP contribution >= 0.6 is 11.6 Å². The molecular weight excluding hydrogens is 316 g/mol. The second-order valence-corrected chi connectivity index (χ2v) is 6.24. The molecule has 23 heavy (non-hydrogen) atoms. The van der Waals surface area contributed by atoms with Gasteiger partial charge < -0.3 is 20.9 Å². The SMILES string of the molecule is Cc1[nH]c2ccc(Cl)cc2c1CC(=O)N1CCNC[C@@H]1C(N)=O. The van der Waals surface area contributed by atoms with Gasteiger partial charge in [0.15, 0.2) is 0 Å². The summed E-state index contributed by atoms with van der Waals surface area (Å²) in [5.74, 6) is -0.580. The van der Waals surface area contributed by atoms with E-state index in [9.17, 15) is 9.59 Å². The minimum absolute atomic E-state index is 0.0979. The lowest BCUT2D eigenvalue weighted by atomic mass is 10.1. The Morgan fingerprint density at radius 1 is 1.43 bits per heavy atom. The van der Waals surface area contributed by atoms with Crippen LogP contribution in [0.25, 0.3) is 10.9 Å². The van der Waals surface area contributed by atoms with Gasteiger partial charge in [-0.05, 0) is 30.7 Å². The van der Waals surface area contributed by atoms with Crippen molar-refractivity contribution in [2.75, 3.05) is 19.6 Å². The Kier molecular flexibility index (Phi) is 4.28. The fraction of sp³-hybridized carbons (Fsp3) is 0.375. The Labute approximate surface area is 139 Å². The number of fused-ring (bicyclic) bond motifs is 1. The molecule has 0 bridgehead atoms. The van der Waals surface area contributed by atoms with Crippen LogP contribution in [0.4, 0.5) is 0 Å². The first-order chi connectivity index (χ1) is 11.0. The molecule has 1 fully saturated rings. The first kappa shape index (κ1) is 15.8. The van der Waals surface area contributed by atoms with Crippen LogP contribution in [0.3, 0.4) is 0 Å². The van der Waals surface area contributed by atoms with E-state index in [0.717, 1.165) is 22.2 Å². The van der Waals surface area contributed by atoms with E-state index in [4.69, 9.17) is 17.3 Å². The summed E-state index contributed by atoms with van der Waals surface area (Å²) in [4.78, 5) is 29.1. The lowest BCUT2D eigenvalue weighted by Crippen LogP contribution is -2.59. The number of carbonyl (C=O) groups excluding carboxylic acids is 2. The predicted molar refractivity (Wildman–Crippen MR) is 89.3 cm³/mol. The van der Waals surface area contributed by atoms with Crippen LogP contribution in [0.15, 0.2) is 18.2 Å². The molecule has 0 saturated carbocycles. The number of nitrogens with two attached hydrogens (primary N) is 1. The number of primary amides is 1. The summed E-state index contributed by atoms with van der Waals surface area (Å²) < 4.78 is 0.